The molecule has 0 spiro atoms. The summed E-state index contributed by atoms with van der Waals surface area (Å²) in [6.45, 7) is -25.4. The first-order valence-corrected chi connectivity index (χ1v) is 10.8. The third-order valence-corrected chi connectivity index (χ3v) is 6.71. The molecule has 1 fully saturated rings. The van der Waals surface area contributed by atoms with Crippen molar-refractivity contribution in [3.05, 3.63) is 59.7 Å². The molecule has 4 rings (SSSR count). The molecule has 2 aliphatic rings. The predicted molar refractivity (Wildman–Crippen MR) is 124 cm³/mol. The second-order valence-corrected chi connectivity index (χ2v) is 9.05. The lowest BCUT2D eigenvalue weighted by molar-refractivity contribution is 0.156. The molecule has 7 heteroatoms. The maximum absolute atomic E-state index is 13.5. The number of benzene rings is 2. The van der Waals surface area contributed by atoms with Crippen LogP contribution in [-0.2, 0) is 10.0 Å². The normalized spacial score (nSPS) is 36.5. The van der Waals surface area contributed by atoms with Crippen molar-refractivity contribution in [2.45, 2.75) is 21.1 Å². The highest BCUT2D eigenvalue weighted by atomic mass is 32.2. The quantitative estimate of drug-likeness (QED) is 0.582. The van der Waals surface area contributed by atoms with Crippen LogP contribution in [0.2, 0.25) is 0 Å². The van der Waals surface area contributed by atoms with E-state index in [9.17, 15) is 8.42 Å². The number of nitrogens with zero attached hydrogens (tertiary/aromatic N) is 3. The maximum Gasteiger partial charge on any atom is 0.242 e. The molecule has 0 saturated carbocycles. The van der Waals surface area contributed by atoms with Gasteiger partial charge in [-0.1, -0.05) is 36.0 Å². The van der Waals surface area contributed by atoms with E-state index in [0.29, 0.717) is 11.0 Å². The standard InChI is InChI=1S/C23H29N3O2S2/c1-24(2)30(27,28)18-10-11-23-21(17-18)19(20-7-4-5-9-22(20)29-23)8-6-12-26-15-13-25(3)14-16-26/h4-5,7-11,17H,6,12-16H2,1-3H3/b19-8-/i1D3,2D3,6D2,12D2,13D2,14D2,15D2,16D2. The van der Waals surface area contributed by atoms with Crippen LogP contribution in [0.4, 0.5) is 0 Å². The summed E-state index contributed by atoms with van der Waals surface area (Å²) in [5.41, 5.74) is -0.186. The minimum atomic E-state index is -5.29. The third-order valence-electron chi connectivity index (χ3n) is 4.23. The van der Waals surface area contributed by atoms with E-state index in [0.717, 1.165) is 30.9 Å². The van der Waals surface area contributed by atoms with E-state index >= 15 is 0 Å². The SMILES string of the molecule is [2H]C([2H])([2H])N(C([2H])([2H])[2H])S(=O)(=O)c1ccc2c(c1)/C(=C\C([2H])([2H])C([2H])([2H])N1C([2H])([2H])C([2H])([2H])N(C)C([2H])([2H])C1([2H])[2H])c1ccccc1S2. The molecule has 0 bridgehead atoms. The van der Waals surface area contributed by atoms with E-state index in [1.807, 2.05) is 0 Å². The number of likely N-dealkylation sites (N-methyl/N-ethyl adjacent to an activating group) is 1. The van der Waals surface area contributed by atoms with Gasteiger partial charge in [-0.3, -0.25) is 0 Å². The maximum atomic E-state index is 13.5. The van der Waals surface area contributed by atoms with Gasteiger partial charge < -0.3 is 9.80 Å². The van der Waals surface area contributed by atoms with Gasteiger partial charge in [0.15, 0.2) is 0 Å². The summed E-state index contributed by atoms with van der Waals surface area (Å²) < 4.78 is 174. The minimum absolute atomic E-state index is 0.120. The van der Waals surface area contributed by atoms with Crippen molar-refractivity contribution in [3.63, 3.8) is 0 Å². The van der Waals surface area contributed by atoms with Crippen molar-refractivity contribution in [1.82, 2.24) is 14.1 Å². The van der Waals surface area contributed by atoms with Gasteiger partial charge in [-0.05, 0) is 54.4 Å². The van der Waals surface area contributed by atoms with Crippen molar-refractivity contribution >= 4 is 27.4 Å². The molecule has 160 valence electrons. The number of rotatable bonds is 5. The predicted octanol–water partition coefficient (Wildman–Crippen LogP) is 3.47. The lowest BCUT2D eigenvalue weighted by Gasteiger charge is -2.32. The Bertz CT molecular complexity index is 1710. The number of sulfonamides is 1. The molecule has 0 aliphatic carbocycles. The van der Waals surface area contributed by atoms with E-state index in [1.54, 1.807) is 12.1 Å². The highest BCUT2D eigenvalue weighted by Gasteiger charge is 2.25. The van der Waals surface area contributed by atoms with Crippen molar-refractivity contribution in [2.75, 3.05) is 53.5 Å². The number of hydrogen-bond acceptors (Lipinski definition) is 5. The zero-order chi connectivity index (χ0) is 37.1. The van der Waals surface area contributed by atoms with Gasteiger partial charge in [-0.25, -0.2) is 12.7 Å². The molecule has 0 atom stereocenters. The smallest absolute Gasteiger partial charge is 0.242 e. The molecular weight excluding hydrogens is 414 g/mol. The Morgan fingerprint density at radius 1 is 1.13 bits per heavy atom. The van der Waals surface area contributed by atoms with Crippen LogP contribution in [0, 0.1) is 0 Å². The first-order chi connectivity index (χ1) is 21.3. The molecule has 2 aromatic carbocycles. The molecule has 0 N–H and O–H groups in total. The molecule has 30 heavy (non-hydrogen) atoms. The monoisotopic (exact) mass is 461 g/mol. The van der Waals surface area contributed by atoms with Crippen molar-refractivity contribution < 1.29 is 33.1 Å². The van der Waals surface area contributed by atoms with Crippen molar-refractivity contribution in [1.29, 1.82) is 0 Å². The lowest BCUT2D eigenvalue weighted by Crippen LogP contribution is -2.44. The average Bonchev–Trinajstić information content (AvgIpc) is 2.88. The van der Waals surface area contributed by atoms with Gasteiger partial charge >= 0.3 is 0 Å². The van der Waals surface area contributed by atoms with Crippen LogP contribution in [0.1, 0.15) is 42.2 Å². The summed E-state index contributed by atoms with van der Waals surface area (Å²) in [6, 6.07) is 9.20. The van der Waals surface area contributed by atoms with Crippen LogP contribution in [0.15, 0.2) is 63.2 Å². The Labute approximate surface area is 209 Å². The number of fused-ring (bicyclic) bond motifs is 2. The van der Waals surface area contributed by atoms with Gasteiger partial charge in [0, 0.05) is 80.9 Å². The Balaban J connectivity index is 1.99. The fraction of sp³-hybridized carbons (Fsp3) is 0.391. The van der Waals surface area contributed by atoms with E-state index in [-0.39, 0.29) is 26.5 Å². The first kappa shape index (κ1) is 8.71. The van der Waals surface area contributed by atoms with Gasteiger partial charge in [0.2, 0.25) is 10.0 Å². The molecule has 2 aromatic rings. The summed E-state index contributed by atoms with van der Waals surface area (Å²) in [4.78, 5) is -0.471. The van der Waals surface area contributed by atoms with Crippen LogP contribution in [0.25, 0.3) is 5.57 Å². The third kappa shape index (κ3) is 4.36. The topological polar surface area (TPSA) is 43.9 Å². The number of piperazine rings is 1. The Morgan fingerprint density at radius 3 is 2.63 bits per heavy atom. The van der Waals surface area contributed by atoms with Gasteiger partial charge in [-0.15, -0.1) is 0 Å². The average molecular weight is 462 g/mol. The Kier molecular flexibility index (Phi) is 2.57. The minimum Gasteiger partial charge on any atom is -0.304 e. The summed E-state index contributed by atoms with van der Waals surface area (Å²) in [5.74, 6) is 0. The largest absolute Gasteiger partial charge is 0.304 e. The fourth-order valence-corrected chi connectivity index (χ4v) is 4.61. The van der Waals surface area contributed by atoms with Crippen molar-refractivity contribution in [2.24, 2.45) is 0 Å². The molecule has 0 radical (unpaired) electrons. The van der Waals surface area contributed by atoms with Crippen LogP contribution < -0.4 is 0 Å². The molecule has 5 nitrogen and oxygen atoms in total. The molecule has 2 aliphatic heterocycles. The molecule has 1 saturated heterocycles. The molecule has 2 heterocycles. The highest BCUT2D eigenvalue weighted by molar-refractivity contribution is 7.99. The Morgan fingerprint density at radius 2 is 1.87 bits per heavy atom. The summed E-state index contributed by atoms with van der Waals surface area (Å²) in [6.07, 6.45) is -2.91. The zero-order valence-electron chi connectivity index (χ0n) is 33.6. The van der Waals surface area contributed by atoms with Gasteiger partial charge in [-0.2, -0.15) is 0 Å². The van der Waals surface area contributed by atoms with Crippen LogP contribution in [0.3, 0.4) is 0 Å². The van der Waals surface area contributed by atoms with E-state index < -0.39 is 76.9 Å². The van der Waals surface area contributed by atoms with Crippen LogP contribution in [0.5, 0.6) is 0 Å². The molecule has 0 amide bonds. The second-order valence-electron chi connectivity index (χ2n) is 6.18. The second kappa shape index (κ2) is 8.85. The van der Waals surface area contributed by atoms with Gasteiger partial charge in [0.25, 0.3) is 0 Å². The lowest BCUT2D eigenvalue weighted by atomic mass is 9.96. The molecular formula is C23H29N3O2S2. The number of hydrogen-bond donors (Lipinski definition) is 0. The molecule has 0 aromatic heterocycles. The zero-order valence-corrected chi connectivity index (χ0v) is 17.2. The first-order valence-electron chi connectivity index (χ1n) is 17.5. The van der Waals surface area contributed by atoms with E-state index in [4.69, 9.17) is 24.7 Å². The van der Waals surface area contributed by atoms with Gasteiger partial charge in [0.1, 0.15) is 0 Å². The van der Waals surface area contributed by atoms with E-state index in [1.165, 1.54) is 18.2 Å². The van der Waals surface area contributed by atoms with E-state index in [2.05, 4.69) is 0 Å². The summed E-state index contributed by atoms with van der Waals surface area (Å²) in [5, 5.41) is 0. The molecule has 0 unspecified atom stereocenters. The Hall–Kier alpha value is -1.64. The van der Waals surface area contributed by atoms with Crippen LogP contribution >= 0.6 is 11.8 Å². The van der Waals surface area contributed by atoms with Gasteiger partial charge in [0.05, 0.1) is 4.90 Å². The highest BCUT2D eigenvalue weighted by Crippen LogP contribution is 2.46. The van der Waals surface area contributed by atoms with Crippen molar-refractivity contribution in [3.8, 4) is 0 Å². The summed E-state index contributed by atoms with van der Waals surface area (Å²) in [7, 11) is -4.53. The fourth-order valence-electron chi connectivity index (χ4n) is 2.80. The summed E-state index contributed by atoms with van der Waals surface area (Å²) >= 11 is 1.06. The van der Waals surface area contributed by atoms with Crippen LogP contribution in [-0.4, -0.2) is 76.0 Å².